The Morgan fingerprint density at radius 3 is 2.47 bits per heavy atom. The zero-order valence-corrected chi connectivity index (χ0v) is 15.7. The average molecular weight is 406 g/mol. The Kier molecular flexibility index (Phi) is 5.30. The van der Waals surface area contributed by atoms with Crippen molar-refractivity contribution in [1.82, 2.24) is 14.8 Å². The predicted molar refractivity (Wildman–Crippen MR) is 108 cm³/mol. The SMILES string of the molecule is O=C(Cn1nc(Cc2ccncc2)c2ccccc2c1=O)Nc1ccc(F)cc1F. The van der Waals surface area contributed by atoms with E-state index >= 15 is 0 Å². The molecule has 150 valence electrons. The molecule has 0 spiro atoms. The fourth-order valence-electron chi connectivity index (χ4n) is 3.15. The van der Waals surface area contributed by atoms with Gasteiger partial charge in [0.15, 0.2) is 0 Å². The summed E-state index contributed by atoms with van der Waals surface area (Å²) in [6.45, 7) is -0.413. The molecule has 4 aromatic rings. The Bertz CT molecular complexity index is 1290. The molecule has 0 saturated heterocycles. The Balaban J connectivity index is 1.67. The summed E-state index contributed by atoms with van der Waals surface area (Å²) in [4.78, 5) is 29.2. The van der Waals surface area contributed by atoms with E-state index in [1.54, 1.807) is 30.6 Å². The summed E-state index contributed by atoms with van der Waals surface area (Å²) in [7, 11) is 0. The van der Waals surface area contributed by atoms with E-state index in [1.807, 2.05) is 18.2 Å². The molecule has 0 aliphatic heterocycles. The molecule has 0 fully saturated rings. The number of hydrogen-bond acceptors (Lipinski definition) is 4. The highest BCUT2D eigenvalue weighted by atomic mass is 19.1. The van der Waals surface area contributed by atoms with Gasteiger partial charge in [0.2, 0.25) is 5.91 Å². The van der Waals surface area contributed by atoms with E-state index in [2.05, 4.69) is 15.4 Å². The van der Waals surface area contributed by atoms with Crippen LogP contribution in [-0.4, -0.2) is 20.7 Å². The summed E-state index contributed by atoms with van der Waals surface area (Å²) in [5.41, 5.74) is 0.967. The zero-order chi connectivity index (χ0) is 21.1. The number of anilines is 1. The van der Waals surface area contributed by atoms with E-state index in [0.29, 0.717) is 29.0 Å². The number of carbonyl (C=O) groups excluding carboxylic acids is 1. The van der Waals surface area contributed by atoms with Crippen LogP contribution in [0.5, 0.6) is 0 Å². The molecule has 1 amide bonds. The first kappa shape index (κ1) is 19.4. The maximum Gasteiger partial charge on any atom is 0.275 e. The highest BCUT2D eigenvalue weighted by Gasteiger charge is 2.14. The second kappa shape index (κ2) is 8.20. The van der Waals surface area contributed by atoms with Gasteiger partial charge in [-0.1, -0.05) is 18.2 Å². The Labute approximate surface area is 169 Å². The summed E-state index contributed by atoms with van der Waals surface area (Å²) in [5.74, 6) is -2.31. The van der Waals surface area contributed by atoms with E-state index in [4.69, 9.17) is 0 Å². The Morgan fingerprint density at radius 2 is 1.73 bits per heavy atom. The van der Waals surface area contributed by atoms with Gasteiger partial charge in [0.25, 0.3) is 5.56 Å². The van der Waals surface area contributed by atoms with Crippen LogP contribution in [0.2, 0.25) is 0 Å². The molecule has 2 aromatic carbocycles. The molecular formula is C22H16F2N4O2. The fraction of sp³-hybridized carbons (Fsp3) is 0.0909. The minimum Gasteiger partial charge on any atom is -0.322 e. The van der Waals surface area contributed by atoms with Crippen LogP contribution in [0.3, 0.4) is 0 Å². The van der Waals surface area contributed by atoms with E-state index in [0.717, 1.165) is 22.4 Å². The van der Waals surface area contributed by atoms with E-state index in [9.17, 15) is 18.4 Å². The number of benzene rings is 2. The smallest absolute Gasteiger partial charge is 0.275 e. The maximum atomic E-state index is 13.8. The number of nitrogens with zero attached hydrogens (tertiary/aromatic N) is 3. The van der Waals surface area contributed by atoms with Crippen LogP contribution in [-0.2, 0) is 17.8 Å². The van der Waals surface area contributed by atoms with Gasteiger partial charge in [0.1, 0.15) is 18.2 Å². The number of halogens is 2. The Hall–Kier alpha value is -3.94. The summed E-state index contributed by atoms with van der Waals surface area (Å²) in [5, 5.41) is 7.85. The standard InChI is InChI=1S/C22H16F2N4O2/c23-15-5-6-19(18(24)12-15)26-21(29)13-28-22(30)17-4-2-1-3-16(17)20(27-28)11-14-7-9-25-10-8-14/h1-10,12H,11,13H2,(H,26,29). The Morgan fingerprint density at radius 1 is 1.00 bits per heavy atom. The molecule has 0 aliphatic rings. The lowest BCUT2D eigenvalue weighted by atomic mass is 10.1. The lowest BCUT2D eigenvalue weighted by molar-refractivity contribution is -0.117. The predicted octanol–water partition coefficient (Wildman–Crippen LogP) is 3.30. The molecule has 1 N–H and O–H groups in total. The minimum atomic E-state index is -0.902. The summed E-state index contributed by atoms with van der Waals surface area (Å²) >= 11 is 0. The molecule has 30 heavy (non-hydrogen) atoms. The van der Waals surface area contributed by atoms with Crippen molar-refractivity contribution in [3.05, 3.63) is 100 Å². The van der Waals surface area contributed by atoms with Crippen molar-refractivity contribution in [2.75, 3.05) is 5.32 Å². The van der Waals surface area contributed by atoms with Crippen molar-refractivity contribution in [3.8, 4) is 0 Å². The number of hydrogen-bond donors (Lipinski definition) is 1. The lowest BCUT2D eigenvalue weighted by Gasteiger charge is -2.12. The third-order valence-corrected chi connectivity index (χ3v) is 4.56. The molecule has 0 atom stereocenters. The molecule has 6 nitrogen and oxygen atoms in total. The molecule has 8 heteroatoms. The van der Waals surface area contributed by atoms with Gasteiger partial charge in [0.05, 0.1) is 16.8 Å². The number of rotatable bonds is 5. The monoisotopic (exact) mass is 406 g/mol. The van der Waals surface area contributed by atoms with Crippen molar-refractivity contribution < 1.29 is 13.6 Å². The highest BCUT2D eigenvalue weighted by Crippen LogP contribution is 2.17. The van der Waals surface area contributed by atoms with Gasteiger partial charge in [-0.25, -0.2) is 13.5 Å². The fourth-order valence-corrected chi connectivity index (χ4v) is 3.15. The molecule has 2 heterocycles. The minimum absolute atomic E-state index is 0.174. The normalized spacial score (nSPS) is 10.9. The second-order valence-electron chi connectivity index (χ2n) is 6.66. The van der Waals surface area contributed by atoms with Crippen LogP contribution in [0.15, 0.2) is 71.8 Å². The van der Waals surface area contributed by atoms with Gasteiger partial charge in [-0.05, 0) is 35.9 Å². The first-order chi connectivity index (χ1) is 14.5. The van der Waals surface area contributed by atoms with E-state index in [1.165, 1.54) is 0 Å². The number of pyridine rings is 1. The molecule has 0 unspecified atom stereocenters. The van der Waals surface area contributed by atoms with Crippen LogP contribution in [0.25, 0.3) is 10.8 Å². The van der Waals surface area contributed by atoms with Crippen LogP contribution in [0.1, 0.15) is 11.3 Å². The van der Waals surface area contributed by atoms with Crippen molar-refractivity contribution in [1.29, 1.82) is 0 Å². The van der Waals surface area contributed by atoms with Gasteiger partial charge < -0.3 is 5.32 Å². The topological polar surface area (TPSA) is 76.9 Å². The number of amides is 1. The number of aromatic nitrogens is 3. The molecular weight excluding hydrogens is 390 g/mol. The first-order valence-corrected chi connectivity index (χ1v) is 9.14. The number of carbonyl (C=O) groups is 1. The van der Waals surface area contributed by atoms with Crippen LogP contribution >= 0.6 is 0 Å². The number of nitrogens with one attached hydrogen (secondary N) is 1. The maximum absolute atomic E-state index is 13.8. The molecule has 2 aromatic heterocycles. The van der Waals surface area contributed by atoms with Gasteiger partial charge in [-0.3, -0.25) is 14.6 Å². The highest BCUT2D eigenvalue weighted by molar-refractivity contribution is 5.91. The van der Waals surface area contributed by atoms with Gasteiger partial charge in [0, 0.05) is 30.3 Å². The first-order valence-electron chi connectivity index (χ1n) is 9.14. The van der Waals surface area contributed by atoms with E-state index < -0.39 is 29.6 Å². The molecule has 4 rings (SSSR count). The quantitative estimate of drug-likeness (QED) is 0.552. The van der Waals surface area contributed by atoms with Crippen LogP contribution in [0.4, 0.5) is 14.5 Å². The van der Waals surface area contributed by atoms with Crippen molar-refractivity contribution >= 4 is 22.4 Å². The molecule has 0 radical (unpaired) electrons. The molecule has 0 aliphatic carbocycles. The summed E-state index contributed by atoms with van der Waals surface area (Å²) in [6, 6.07) is 13.5. The van der Waals surface area contributed by atoms with Gasteiger partial charge in [-0.15, -0.1) is 0 Å². The van der Waals surface area contributed by atoms with Gasteiger partial charge in [-0.2, -0.15) is 5.10 Å². The lowest BCUT2D eigenvalue weighted by Crippen LogP contribution is -2.31. The van der Waals surface area contributed by atoms with Crippen molar-refractivity contribution in [2.24, 2.45) is 0 Å². The third kappa shape index (κ3) is 4.07. The molecule has 0 saturated carbocycles. The van der Waals surface area contributed by atoms with Crippen LogP contribution in [0, 0.1) is 11.6 Å². The molecule has 0 bridgehead atoms. The summed E-state index contributed by atoms with van der Waals surface area (Å²) in [6.07, 6.45) is 3.77. The van der Waals surface area contributed by atoms with Crippen LogP contribution < -0.4 is 10.9 Å². The largest absolute Gasteiger partial charge is 0.322 e. The second-order valence-corrected chi connectivity index (χ2v) is 6.66. The zero-order valence-electron chi connectivity index (χ0n) is 15.7. The number of fused-ring (bicyclic) bond motifs is 1. The summed E-state index contributed by atoms with van der Waals surface area (Å²) < 4.78 is 27.9. The van der Waals surface area contributed by atoms with Gasteiger partial charge >= 0.3 is 0 Å². The average Bonchev–Trinajstić information content (AvgIpc) is 2.74. The van der Waals surface area contributed by atoms with Crippen molar-refractivity contribution in [2.45, 2.75) is 13.0 Å². The van der Waals surface area contributed by atoms with E-state index in [-0.39, 0.29) is 5.69 Å². The third-order valence-electron chi connectivity index (χ3n) is 4.56. The van der Waals surface area contributed by atoms with Crippen molar-refractivity contribution in [3.63, 3.8) is 0 Å².